The Balaban J connectivity index is 0.00000261. The molecular formula is C20H28ClN5O. The highest BCUT2D eigenvalue weighted by atomic mass is 35.5. The average molecular weight is 390 g/mol. The summed E-state index contributed by atoms with van der Waals surface area (Å²) in [4.78, 5) is 9.26. The molecule has 0 bridgehead atoms. The van der Waals surface area contributed by atoms with Crippen LogP contribution in [0, 0.1) is 34.6 Å². The molecule has 0 fully saturated rings. The number of benzene rings is 1. The first-order chi connectivity index (χ1) is 12.3. The van der Waals surface area contributed by atoms with Gasteiger partial charge in [0, 0.05) is 0 Å². The van der Waals surface area contributed by atoms with E-state index in [1.807, 2.05) is 25.5 Å². The maximum Gasteiger partial charge on any atom is 0.168 e. The van der Waals surface area contributed by atoms with Gasteiger partial charge in [-0.15, -0.1) is 12.4 Å². The van der Waals surface area contributed by atoms with Crippen molar-refractivity contribution in [3.05, 3.63) is 40.3 Å². The molecular weight excluding hydrogens is 362 g/mol. The maximum absolute atomic E-state index is 9.55. The molecule has 0 amide bonds. The lowest BCUT2D eigenvalue weighted by molar-refractivity contribution is 0.271. The predicted molar refractivity (Wildman–Crippen MR) is 112 cm³/mol. The molecule has 0 saturated carbocycles. The van der Waals surface area contributed by atoms with Crippen LogP contribution < -0.4 is 5.32 Å². The van der Waals surface area contributed by atoms with Crippen LogP contribution in [-0.2, 0) is 0 Å². The lowest BCUT2D eigenvalue weighted by Gasteiger charge is -2.16. The van der Waals surface area contributed by atoms with Crippen molar-refractivity contribution in [3.8, 4) is 5.69 Å². The highest BCUT2D eigenvalue weighted by Crippen LogP contribution is 2.29. The van der Waals surface area contributed by atoms with Gasteiger partial charge < -0.3 is 10.4 Å². The van der Waals surface area contributed by atoms with E-state index in [1.165, 1.54) is 16.7 Å². The fourth-order valence-corrected chi connectivity index (χ4v) is 3.53. The number of rotatable bonds is 5. The highest BCUT2D eigenvalue weighted by Gasteiger charge is 2.20. The van der Waals surface area contributed by atoms with Crippen molar-refractivity contribution < 1.29 is 5.11 Å². The summed E-state index contributed by atoms with van der Waals surface area (Å²) in [5.74, 6) is 1.41. The SMILES string of the molecule is CCC(CO)Nc1nc(C)nc2c1c(C)nn2-c1c(C)cc(C)cc1C.Cl. The molecule has 1 aromatic carbocycles. The maximum atomic E-state index is 9.55. The van der Waals surface area contributed by atoms with Crippen LogP contribution in [0.25, 0.3) is 16.7 Å². The second-order valence-electron chi connectivity index (χ2n) is 6.99. The van der Waals surface area contributed by atoms with E-state index in [1.54, 1.807) is 0 Å². The summed E-state index contributed by atoms with van der Waals surface area (Å²) in [5, 5.41) is 18.6. The van der Waals surface area contributed by atoms with Crippen LogP contribution >= 0.6 is 12.4 Å². The van der Waals surface area contributed by atoms with E-state index in [4.69, 9.17) is 5.10 Å². The Morgan fingerprint density at radius 2 is 1.70 bits per heavy atom. The first-order valence-corrected chi connectivity index (χ1v) is 9.05. The number of nitrogens with zero attached hydrogens (tertiary/aromatic N) is 4. The first kappa shape index (κ1) is 21.1. The van der Waals surface area contributed by atoms with Gasteiger partial charge in [-0.3, -0.25) is 0 Å². The Labute approximate surface area is 166 Å². The Morgan fingerprint density at radius 1 is 1.07 bits per heavy atom. The molecule has 0 radical (unpaired) electrons. The van der Waals surface area contributed by atoms with Gasteiger partial charge in [0.2, 0.25) is 0 Å². The number of hydrogen-bond acceptors (Lipinski definition) is 5. The molecule has 7 heteroatoms. The van der Waals surface area contributed by atoms with E-state index < -0.39 is 0 Å². The van der Waals surface area contributed by atoms with Crippen LogP contribution in [0.2, 0.25) is 0 Å². The molecule has 1 atom stereocenters. The number of anilines is 1. The zero-order chi connectivity index (χ0) is 19.0. The van der Waals surface area contributed by atoms with Gasteiger partial charge in [-0.1, -0.05) is 24.6 Å². The third kappa shape index (κ3) is 3.92. The molecule has 1 unspecified atom stereocenters. The molecule has 146 valence electrons. The lowest BCUT2D eigenvalue weighted by atomic mass is 10.1. The number of nitrogens with one attached hydrogen (secondary N) is 1. The van der Waals surface area contributed by atoms with Gasteiger partial charge in [0.25, 0.3) is 0 Å². The van der Waals surface area contributed by atoms with E-state index >= 15 is 0 Å². The van der Waals surface area contributed by atoms with Crippen LogP contribution in [0.3, 0.4) is 0 Å². The quantitative estimate of drug-likeness (QED) is 0.690. The third-order valence-electron chi connectivity index (χ3n) is 4.72. The summed E-state index contributed by atoms with van der Waals surface area (Å²) in [7, 11) is 0. The van der Waals surface area contributed by atoms with Gasteiger partial charge in [0.15, 0.2) is 5.65 Å². The summed E-state index contributed by atoms with van der Waals surface area (Å²) in [6.07, 6.45) is 0.810. The van der Waals surface area contributed by atoms with E-state index in [0.29, 0.717) is 5.82 Å². The molecule has 0 aliphatic rings. The molecule has 6 nitrogen and oxygen atoms in total. The van der Waals surface area contributed by atoms with Crippen LogP contribution in [0.15, 0.2) is 12.1 Å². The minimum absolute atomic E-state index is 0. The van der Waals surface area contributed by atoms with Gasteiger partial charge in [-0.25, -0.2) is 14.6 Å². The number of aliphatic hydroxyl groups is 1. The van der Waals surface area contributed by atoms with Crippen LogP contribution in [0.4, 0.5) is 5.82 Å². The molecule has 2 N–H and O–H groups in total. The number of hydrogen-bond donors (Lipinski definition) is 2. The van der Waals surface area contributed by atoms with Crippen molar-refractivity contribution in [2.24, 2.45) is 0 Å². The van der Waals surface area contributed by atoms with Crippen molar-refractivity contribution >= 4 is 29.3 Å². The fraction of sp³-hybridized carbons (Fsp3) is 0.450. The van der Waals surface area contributed by atoms with Gasteiger partial charge in [0.05, 0.1) is 29.4 Å². The minimum Gasteiger partial charge on any atom is -0.394 e. The van der Waals surface area contributed by atoms with Crippen LogP contribution in [0.1, 0.15) is 41.6 Å². The Bertz CT molecular complexity index is 940. The van der Waals surface area contributed by atoms with Crippen molar-refractivity contribution in [2.75, 3.05) is 11.9 Å². The molecule has 2 heterocycles. The molecule has 3 rings (SSSR count). The summed E-state index contributed by atoms with van der Waals surface area (Å²) in [5.41, 5.74) is 6.29. The summed E-state index contributed by atoms with van der Waals surface area (Å²) in [6.45, 7) is 12.3. The minimum atomic E-state index is -0.0434. The predicted octanol–water partition coefficient (Wildman–Crippen LogP) is 3.96. The molecule has 0 saturated heterocycles. The number of aliphatic hydroxyl groups excluding tert-OH is 1. The second-order valence-corrected chi connectivity index (χ2v) is 6.99. The zero-order valence-electron chi connectivity index (χ0n) is 16.8. The Hall–Kier alpha value is -2.18. The molecule has 0 aliphatic carbocycles. The average Bonchev–Trinajstić information content (AvgIpc) is 2.88. The number of aromatic nitrogens is 4. The zero-order valence-corrected chi connectivity index (χ0v) is 17.6. The van der Waals surface area contributed by atoms with Gasteiger partial charge in [-0.2, -0.15) is 5.10 Å². The molecule has 3 aromatic rings. The van der Waals surface area contributed by atoms with Gasteiger partial charge >= 0.3 is 0 Å². The van der Waals surface area contributed by atoms with E-state index in [-0.39, 0.29) is 25.1 Å². The Morgan fingerprint density at radius 3 is 2.26 bits per heavy atom. The third-order valence-corrected chi connectivity index (χ3v) is 4.72. The van der Waals surface area contributed by atoms with Crippen LogP contribution in [-0.4, -0.2) is 37.5 Å². The molecule has 0 aliphatic heterocycles. The Kier molecular flexibility index (Phi) is 6.44. The molecule has 27 heavy (non-hydrogen) atoms. The molecule has 0 spiro atoms. The molecule has 2 aromatic heterocycles. The van der Waals surface area contributed by atoms with Crippen LogP contribution in [0.5, 0.6) is 0 Å². The lowest BCUT2D eigenvalue weighted by Crippen LogP contribution is -2.23. The normalized spacial score (nSPS) is 12.1. The van der Waals surface area contributed by atoms with Crippen molar-refractivity contribution in [1.82, 2.24) is 19.7 Å². The van der Waals surface area contributed by atoms with E-state index in [2.05, 4.69) is 48.2 Å². The van der Waals surface area contributed by atoms with Crippen molar-refractivity contribution in [1.29, 1.82) is 0 Å². The topological polar surface area (TPSA) is 75.9 Å². The highest BCUT2D eigenvalue weighted by molar-refractivity contribution is 5.90. The summed E-state index contributed by atoms with van der Waals surface area (Å²) < 4.78 is 1.93. The van der Waals surface area contributed by atoms with Gasteiger partial charge in [0.1, 0.15) is 11.6 Å². The largest absolute Gasteiger partial charge is 0.394 e. The fourth-order valence-electron chi connectivity index (χ4n) is 3.53. The number of fused-ring (bicyclic) bond motifs is 1. The van der Waals surface area contributed by atoms with E-state index in [9.17, 15) is 5.11 Å². The number of halogens is 1. The van der Waals surface area contributed by atoms with Gasteiger partial charge in [-0.05, 0) is 52.2 Å². The van der Waals surface area contributed by atoms with Crippen molar-refractivity contribution in [2.45, 2.75) is 54.0 Å². The second kappa shape index (κ2) is 8.23. The summed E-state index contributed by atoms with van der Waals surface area (Å²) in [6, 6.07) is 4.28. The smallest absolute Gasteiger partial charge is 0.168 e. The first-order valence-electron chi connectivity index (χ1n) is 9.05. The monoisotopic (exact) mass is 389 g/mol. The summed E-state index contributed by atoms with van der Waals surface area (Å²) >= 11 is 0. The standard InChI is InChI=1S/C20H27N5O.ClH/c1-7-16(10-26)23-19-17-14(5)24-25(20(17)22-15(6)21-19)18-12(3)8-11(2)9-13(18)4;/h8-9,16,26H,7,10H2,1-6H3,(H,21,22,23);1H. The van der Waals surface area contributed by atoms with E-state index in [0.717, 1.165) is 34.7 Å². The number of aryl methyl sites for hydroxylation is 5. The van der Waals surface area contributed by atoms with Crippen molar-refractivity contribution in [3.63, 3.8) is 0 Å².